The van der Waals surface area contributed by atoms with Gasteiger partial charge in [0.15, 0.2) is 15.8 Å². The zero-order chi connectivity index (χ0) is 22.0. The van der Waals surface area contributed by atoms with Gasteiger partial charge >= 0.3 is 0 Å². The molecule has 2 rings (SSSR count). The average Bonchev–Trinajstić information content (AvgIpc) is 2.72. The fraction of sp³-hybridized carbons (Fsp3) is 0.273. The Bertz CT molecular complexity index is 1050. The number of guanidine groups is 1. The van der Waals surface area contributed by atoms with E-state index in [1.807, 2.05) is 6.92 Å². The van der Waals surface area contributed by atoms with E-state index in [9.17, 15) is 13.2 Å². The van der Waals surface area contributed by atoms with Crippen molar-refractivity contribution in [2.75, 3.05) is 31.2 Å². The van der Waals surface area contributed by atoms with Gasteiger partial charge in [0.25, 0.3) is 0 Å². The van der Waals surface area contributed by atoms with Gasteiger partial charge in [-0.3, -0.25) is 4.79 Å². The van der Waals surface area contributed by atoms with Crippen molar-refractivity contribution in [1.29, 1.82) is 0 Å². The van der Waals surface area contributed by atoms with E-state index in [2.05, 4.69) is 26.9 Å². The highest BCUT2D eigenvalue weighted by Gasteiger charge is 2.07. The number of halogens is 1. The van der Waals surface area contributed by atoms with Crippen LogP contribution in [0, 0.1) is 12.3 Å². The van der Waals surface area contributed by atoms with Crippen molar-refractivity contribution in [1.82, 2.24) is 10.6 Å². The van der Waals surface area contributed by atoms with Crippen molar-refractivity contribution >= 4 is 51.4 Å². The minimum Gasteiger partial charge on any atom is -0.357 e. The van der Waals surface area contributed by atoms with Crippen LogP contribution in [0.4, 0.5) is 5.69 Å². The van der Waals surface area contributed by atoms with E-state index in [0.29, 0.717) is 41.6 Å². The summed E-state index contributed by atoms with van der Waals surface area (Å²) in [5.41, 5.74) is 2.31. The van der Waals surface area contributed by atoms with Crippen LogP contribution in [0.2, 0.25) is 0 Å². The molecule has 0 fully saturated rings. The Balaban J connectivity index is 0.00000480. The van der Waals surface area contributed by atoms with Crippen LogP contribution in [0.25, 0.3) is 0 Å². The molecule has 166 valence electrons. The fourth-order valence-corrected chi connectivity index (χ4v) is 3.24. The second kappa shape index (κ2) is 13.0. The number of anilines is 1. The summed E-state index contributed by atoms with van der Waals surface area (Å²) in [5, 5.41) is 9.02. The molecule has 0 atom stereocenters. The van der Waals surface area contributed by atoms with Crippen LogP contribution in [0.1, 0.15) is 18.1 Å². The lowest BCUT2D eigenvalue weighted by Crippen LogP contribution is -2.39. The average molecular weight is 554 g/mol. The number of aliphatic imine (C=N–C) groups is 1. The van der Waals surface area contributed by atoms with Gasteiger partial charge in [-0.15, -0.1) is 30.4 Å². The van der Waals surface area contributed by atoms with Gasteiger partial charge in [0.05, 0.1) is 4.90 Å². The summed E-state index contributed by atoms with van der Waals surface area (Å²) in [5.74, 6) is 2.80. The highest BCUT2D eigenvalue weighted by molar-refractivity contribution is 14.0. The van der Waals surface area contributed by atoms with E-state index >= 15 is 0 Å². The standard InChI is InChI=1S/C22H26N4O3S.HI/c1-4-17-7-6-8-19(15-17)26-21(27)16-25-22(23-5-2)24-14-13-18-9-11-20(12-10-18)30(3,28)29;/h1,6-12,15H,5,13-14,16H2,2-3H3,(H,26,27)(H2,23,24,25);1H. The Morgan fingerprint density at radius 2 is 1.84 bits per heavy atom. The van der Waals surface area contributed by atoms with E-state index in [1.54, 1.807) is 48.5 Å². The summed E-state index contributed by atoms with van der Waals surface area (Å²) < 4.78 is 23.0. The van der Waals surface area contributed by atoms with Crippen molar-refractivity contribution in [2.45, 2.75) is 18.2 Å². The monoisotopic (exact) mass is 554 g/mol. The number of hydrogen-bond donors (Lipinski definition) is 3. The summed E-state index contributed by atoms with van der Waals surface area (Å²) in [6.45, 7) is 3.13. The predicted octanol–water partition coefficient (Wildman–Crippen LogP) is 2.43. The van der Waals surface area contributed by atoms with Crippen LogP contribution in [-0.2, 0) is 21.1 Å². The van der Waals surface area contributed by atoms with Crippen molar-refractivity contribution in [3.8, 4) is 12.3 Å². The van der Waals surface area contributed by atoms with Crippen LogP contribution in [0.5, 0.6) is 0 Å². The van der Waals surface area contributed by atoms with Gasteiger partial charge in [0, 0.05) is 30.6 Å². The molecule has 1 amide bonds. The third kappa shape index (κ3) is 9.40. The van der Waals surface area contributed by atoms with Crippen LogP contribution >= 0.6 is 24.0 Å². The quantitative estimate of drug-likeness (QED) is 0.202. The number of amides is 1. The fourth-order valence-electron chi connectivity index (χ4n) is 2.61. The Morgan fingerprint density at radius 1 is 1.13 bits per heavy atom. The van der Waals surface area contributed by atoms with Gasteiger partial charge in [-0.1, -0.05) is 24.1 Å². The highest BCUT2D eigenvalue weighted by Crippen LogP contribution is 2.11. The van der Waals surface area contributed by atoms with Crippen molar-refractivity contribution in [3.05, 3.63) is 59.7 Å². The maximum absolute atomic E-state index is 12.2. The smallest absolute Gasteiger partial charge is 0.246 e. The first-order valence-electron chi connectivity index (χ1n) is 9.49. The third-order valence-corrected chi connectivity index (χ3v) is 5.22. The molecule has 0 radical (unpaired) electrons. The first kappa shape index (κ1) is 26.5. The molecule has 0 unspecified atom stereocenters. The molecule has 0 aliphatic rings. The van der Waals surface area contributed by atoms with Crippen LogP contribution in [-0.4, -0.2) is 46.2 Å². The lowest BCUT2D eigenvalue weighted by Gasteiger charge is -2.11. The molecule has 0 heterocycles. The molecule has 0 aromatic heterocycles. The lowest BCUT2D eigenvalue weighted by atomic mass is 10.1. The number of nitrogens with zero attached hydrogens (tertiary/aromatic N) is 1. The Hall–Kier alpha value is -2.58. The molecule has 31 heavy (non-hydrogen) atoms. The SMILES string of the molecule is C#Cc1cccc(NC(=O)CN=C(NCC)NCCc2ccc(S(C)(=O)=O)cc2)c1.I. The predicted molar refractivity (Wildman–Crippen MR) is 136 cm³/mol. The number of nitrogens with one attached hydrogen (secondary N) is 3. The number of benzene rings is 2. The molecular formula is C22H27IN4O3S. The molecule has 0 bridgehead atoms. The van der Waals surface area contributed by atoms with E-state index in [0.717, 1.165) is 5.56 Å². The van der Waals surface area contributed by atoms with Gasteiger partial charge in [-0.2, -0.15) is 0 Å². The lowest BCUT2D eigenvalue weighted by molar-refractivity contribution is -0.114. The minimum absolute atomic E-state index is 0. The molecule has 0 saturated heterocycles. The molecule has 0 aliphatic heterocycles. The highest BCUT2D eigenvalue weighted by atomic mass is 127. The number of hydrogen-bond acceptors (Lipinski definition) is 4. The topological polar surface area (TPSA) is 99.7 Å². The number of rotatable bonds is 8. The summed E-state index contributed by atoms with van der Waals surface area (Å²) >= 11 is 0. The van der Waals surface area contributed by atoms with Crippen LogP contribution in [0.3, 0.4) is 0 Å². The first-order valence-corrected chi connectivity index (χ1v) is 11.4. The first-order chi connectivity index (χ1) is 14.3. The van der Waals surface area contributed by atoms with E-state index in [1.165, 1.54) is 6.26 Å². The Morgan fingerprint density at radius 3 is 2.45 bits per heavy atom. The van der Waals surface area contributed by atoms with Crippen molar-refractivity contribution in [3.63, 3.8) is 0 Å². The van der Waals surface area contributed by atoms with Crippen LogP contribution < -0.4 is 16.0 Å². The van der Waals surface area contributed by atoms with E-state index in [4.69, 9.17) is 6.42 Å². The van der Waals surface area contributed by atoms with E-state index in [-0.39, 0.29) is 36.4 Å². The second-order valence-corrected chi connectivity index (χ2v) is 8.58. The Labute approximate surface area is 201 Å². The third-order valence-electron chi connectivity index (χ3n) is 4.10. The molecule has 0 aliphatic carbocycles. The van der Waals surface area contributed by atoms with Gasteiger partial charge in [-0.05, 0) is 49.2 Å². The molecule has 2 aromatic rings. The largest absolute Gasteiger partial charge is 0.357 e. The molecular weight excluding hydrogens is 527 g/mol. The zero-order valence-corrected chi connectivity index (χ0v) is 20.7. The number of carbonyl (C=O) groups is 1. The van der Waals surface area contributed by atoms with Crippen molar-refractivity contribution < 1.29 is 13.2 Å². The van der Waals surface area contributed by atoms with Crippen molar-refractivity contribution in [2.24, 2.45) is 4.99 Å². The second-order valence-electron chi connectivity index (χ2n) is 6.56. The zero-order valence-electron chi connectivity index (χ0n) is 17.5. The summed E-state index contributed by atoms with van der Waals surface area (Å²) in [6, 6.07) is 13.8. The number of sulfone groups is 1. The summed E-state index contributed by atoms with van der Waals surface area (Å²) in [4.78, 5) is 16.7. The van der Waals surface area contributed by atoms with Gasteiger partial charge < -0.3 is 16.0 Å². The van der Waals surface area contributed by atoms with Gasteiger partial charge in [-0.25, -0.2) is 13.4 Å². The molecule has 3 N–H and O–H groups in total. The molecule has 2 aromatic carbocycles. The number of terminal acetylenes is 1. The normalized spacial score (nSPS) is 11.1. The van der Waals surface area contributed by atoms with Gasteiger partial charge in [0.2, 0.25) is 5.91 Å². The molecule has 7 nitrogen and oxygen atoms in total. The van der Waals surface area contributed by atoms with Gasteiger partial charge in [0.1, 0.15) is 6.54 Å². The maximum Gasteiger partial charge on any atom is 0.246 e. The van der Waals surface area contributed by atoms with E-state index < -0.39 is 9.84 Å². The maximum atomic E-state index is 12.2. The Kier molecular flexibility index (Phi) is 11.1. The molecule has 0 spiro atoms. The van der Waals surface area contributed by atoms with Crippen LogP contribution in [0.15, 0.2) is 58.4 Å². The number of carbonyl (C=O) groups excluding carboxylic acids is 1. The molecule has 0 saturated carbocycles. The summed E-state index contributed by atoms with van der Waals surface area (Å²) in [7, 11) is -3.20. The minimum atomic E-state index is -3.20. The molecule has 9 heteroatoms. The summed E-state index contributed by atoms with van der Waals surface area (Å²) in [6.07, 6.45) is 7.23.